The second-order valence-corrected chi connectivity index (χ2v) is 9.00. The molecule has 2 aromatic heterocycles. The van der Waals surface area contributed by atoms with Gasteiger partial charge in [0.15, 0.2) is 0 Å². The van der Waals surface area contributed by atoms with Crippen LogP contribution in [0.4, 0.5) is 4.79 Å². The molecule has 0 atom stereocenters. The Morgan fingerprint density at radius 3 is 2.48 bits per heavy atom. The minimum atomic E-state index is -0.727. The molecule has 2 saturated heterocycles. The van der Waals surface area contributed by atoms with E-state index in [0.717, 1.165) is 37.3 Å². The molecule has 0 N–H and O–H groups in total. The predicted molar refractivity (Wildman–Crippen MR) is 118 cm³/mol. The van der Waals surface area contributed by atoms with Gasteiger partial charge in [0.05, 0.1) is 12.2 Å². The lowest BCUT2D eigenvalue weighted by atomic mass is 9.85. The number of imide groups is 1. The first-order chi connectivity index (χ1) is 15.0. The second kappa shape index (κ2) is 9.14. The summed E-state index contributed by atoms with van der Waals surface area (Å²) >= 11 is 0. The number of carbonyl (C=O) groups excluding carboxylic acids is 2. The van der Waals surface area contributed by atoms with E-state index in [9.17, 15) is 9.59 Å². The summed E-state index contributed by atoms with van der Waals surface area (Å²) in [5, 5.41) is 0. The molecule has 0 aliphatic carbocycles. The molecular formula is C24H31N5O2. The van der Waals surface area contributed by atoms with Gasteiger partial charge in [0.1, 0.15) is 5.54 Å². The Kier molecular flexibility index (Phi) is 6.32. The van der Waals surface area contributed by atoms with Gasteiger partial charge in [-0.2, -0.15) is 0 Å². The van der Waals surface area contributed by atoms with Gasteiger partial charge in [-0.3, -0.25) is 24.6 Å². The van der Waals surface area contributed by atoms with Crippen molar-refractivity contribution < 1.29 is 9.59 Å². The highest BCUT2D eigenvalue weighted by atomic mass is 16.2. The van der Waals surface area contributed by atoms with Gasteiger partial charge in [0.2, 0.25) is 0 Å². The summed E-state index contributed by atoms with van der Waals surface area (Å²) < 4.78 is 0. The van der Waals surface area contributed by atoms with Crippen LogP contribution in [0.5, 0.6) is 0 Å². The number of pyridine rings is 2. The predicted octanol–water partition coefficient (Wildman–Crippen LogP) is 3.32. The third-order valence-corrected chi connectivity index (χ3v) is 6.41. The van der Waals surface area contributed by atoms with Gasteiger partial charge in [0, 0.05) is 44.8 Å². The molecule has 31 heavy (non-hydrogen) atoms. The van der Waals surface area contributed by atoms with Gasteiger partial charge < -0.3 is 4.90 Å². The van der Waals surface area contributed by atoms with Gasteiger partial charge >= 0.3 is 6.03 Å². The highest BCUT2D eigenvalue weighted by Crippen LogP contribution is 2.38. The van der Waals surface area contributed by atoms with Crippen molar-refractivity contribution in [2.45, 2.75) is 51.7 Å². The van der Waals surface area contributed by atoms with Crippen molar-refractivity contribution in [2.75, 3.05) is 19.6 Å². The number of amides is 3. The zero-order valence-electron chi connectivity index (χ0n) is 18.4. The zero-order chi connectivity index (χ0) is 21.8. The number of hydrogen-bond donors (Lipinski definition) is 0. The van der Waals surface area contributed by atoms with Crippen LogP contribution in [0.2, 0.25) is 0 Å². The summed E-state index contributed by atoms with van der Waals surface area (Å²) in [7, 11) is 0. The molecule has 164 valence electrons. The monoisotopic (exact) mass is 421 g/mol. The largest absolute Gasteiger partial charge is 0.327 e. The Bertz CT molecular complexity index is 895. The van der Waals surface area contributed by atoms with Crippen molar-refractivity contribution in [3.8, 4) is 0 Å². The Labute approximate surface area is 184 Å². The zero-order valence-corrected chi connectivity index (χ0v) is 18.4. The molecule has 0 aromatic carbocycles. The van der Waals surface area contributed by atoms with Gasteiger partial charge in [-0.15, -0.1) is 0 Å². The number of rotatable bonds is 7. The van der Waals surface area contributed by atoms with E-state index in [-0.39, 0.29) is 18.5 Å². The molecule has 7 nitrogen and oxygen atoms in total. The van der Waals surface area contributed by atoms with Crippen molar-refractivity contribution in [3.05, 3.63) is 60.2 Å². The van der Waals surface area contributed by atoms with Crippen LogP contribution >= 0.6 is 0 Å². The number of urea groups is 1. The summed E-state index contributed by atoms with van der Waals surface area (Å²) in [5.74, 6) is 0.416. The number of hydrogen-bond acceptors (Lipinski definition) is 5. The Balaban J connectivity index is 1.52. The molecule has 2 aromatic rings. The topological polar surface area (TPSA) is 69.6 Å². The number of piperidine rings is 1. The molecule has 0 unspecified atom stereocenters. The number of carbonyl (C=O) groups is 2. The van der Waals surface area contributed by atoms with E-state index in [1.54, 1.807) is 12.4 Å². The van der Waals surface area contributed by atoms with Crippen molar-refractivity contribution in [2.24, 2.45) is 5.92 Å². The fraction of sp³-hybridized carbons (Fsp3) is 0.500. The molecule has 0 saturated carbocycles. The molecule has 2 fully saturated rings. The molecule has 3 amide bonds. The van der Waals surface area contributed by atoms with Crippen LogP contribution in [0.25, 0.3) is 0 Å². The second-order valence-electron chi connectivity index (χ2n) is 9.00. The number of nitrogens with zero attached hydrogens (tertiary/aromatic N) is 5. The van der Waals surface area contributed by atoms with E-state index in [4.69, 9.17) is 0 Å². The average molecular weight is 422 g/mol. The van der Waals surface area contributed by atoms with E-state index >= 15 is 0 Å². The molecule has 7 heteroatoms. The lowest BCUT2D eigenvalue weighted by Crippen LogP contribution is -2.56. The summed E-state index contributed by atoms with van der Waals surface area (Å²) in [6.45, 7) is 7.51. The minimum Gasteiger partial charge on any atom is -0.309 e. The van der Waals surface area contributed by atoms with Gasteiger partial charge in [-0.1, -0.05) is 26.0 Å². The van der Waals surface area contributed by atoms with E-state index in [1.165, 1.54) is 4.90 Å². The Morgan fingerprint density at radius 1 is 1.03 bits per heavy atom. The van der Waals surface area contributed by atoms with Gasteiger partial charge in [-0.05, 0) is 48.9 Å². The highest BCUT2D eigenvalue weighted by Gasteiger charge is 2.57. The Morgan fingerprint density at radius 2 is 1.84 bits per heavy atom. The van der Waals surface area contributed by atoms with Crippen molar-refractivity contribution in [1.29, 1.82) is 0 Å². The molecule has 0 radical (unpaired) electrons. The fourth-order valence-electron chi connectivity index (χ4n) is 4.58. The van der Waals surface area contributed by atoms with Crippen LogP contribution in [0.3, 0.4) is 0 Å². The standard InChI is InChI=1S/C24H31N5O2/c1-19(2)8-13-29-23(31)28(17-20-6-5-11-25-16-20)22(30)24(29)9-14-27(15-10-24)18-21-7-3-4-12-26-21/h3-7,11-12,16,19H,8-10,13-15,17-18H2,1-2H3. The third-order valence-electron chi connectivity index (χ3n) is 6.41. The van der Waals surface area contributed by atoms with Crippen molar-refractivity contribution in [1.82, 2.24) is 24.7 Å². The highest BCUT2D eigenvalue weighted by molar-refractivity contribution is 6.07. The normalized spacial score (nSPS) is 19.1. The molecule has 1 spiro atoms. The van der Waals surface area contributed by atoms with Crippen LogP contribution in [-0.2, 0) is 17.9 Å². The molecule has 0 bridgehead atoms. The maximum atomic E-state index is 13.6. The average Bonchev–Trinajstić information content (AvgIpc) is 2.96. The van der Waals surface area contributed by atoms with E-state index in [1.807, 2.05) is 41.4 Å². The molecule has 2 aliphatic heterocycles. The maximum Gasteiger partial charge on any atom is 0.327 e. The first kappa shape index (κ1) is 21.4. The molecule has 4 heterocycles. The number of aromatic nitrogens is 2. The molecular weight excluding hydrogens is 390 g/mol. The quantitative estimate of drug-likeness (QED) is 0.642. The first-order valence-electron chi connectivity index (χ1n) is 11.1. The summed E-state index contributed by atoms with van der Waals surface area (Å²) in [6, 6.07) is 9.53. The summed E-state index contributed by atoms with van der Waals surface area (Å²) in [4.78, 5) is 41.2. The SMILES string of the molecule is CC(C)CCN1C(=O)N(Cc2cccnc2)C(=O)C12CCN(Cc1ccccn1)CC2. The maximum absolute atomic E-state index is 13.6. The molecule has 2 aliphatic rings. The lowest BCUT2D eigenvalue weighted by Gasteiger charge is -2.42. The third kappa shape index (κ3) is 4.46. The van der Waals surface area contributed by atoms with Crippen LogP contribution < -0.4 is 0 Å². The van der Waals surface area contributed by atoms with Crippen LogP contribution in [0, 0.1) is 5.92 Å². The summed E-state index contributed by atoms with van der Waals surface area (Å²) in [5.41, 5.74) is 1.18. The smallest absolute Gasteiger partial charge is 0.309 e. The van der Waals surface area contributed by atoms with Gasteiger partial charge in [0.25, 0.3) is 5.91 Å². The fourth-order valence-corrected chi connectivity index (χ4v) is 4.58. The molecule has 4 rings (SSSR count). The van der Waals surface area contributed by atoms with Crippen molar-refractivity contribution >= 4 is 11.9 Å². The van der Waals surface area contributed by atoms with Gasteiger partial charge in [-0.25, -0.2) is 4.79 Å². The number of likely N-dealkylation sites (tertiary alicyclic amines) is 1. The first-order valence-corrected chi connectivity index (χ1v) is 11.1. The van der Waals surface area contributed by atoms with Crippen LogP contribution in [0.15, 0.2) is 48.9 Å². The van der Waals surface area contributed by atoms with E-state index in [2.05, 4.69) is 28.7 Å². The summed E-state index contributed by atoms with van der Waals surface area (Å²) in [6.07, 6.45) is 7.44. The van der Waals surface area contributed by atoms with E-state index in [0.29, 0.717) is 25.3 Å². The lowest BCUT2D eigenvalue weighted by molar-refractivity contribution is -0.136. The Hall–Kier alpha value is -2.80. The van der Waals surface area contributed by atoms with Crippen molar-refractivity contribution in [3.63, 3.8) is 0 Å². The van der Waals surface area contributed by atoms with Crippen LogP contribution in [0.1, 0.15) is 44.4 Å². The minimum absolute atomic E-state index is 0.0532. The van der Waals surface area contributed by atoms with E-state index < -0.39 is 5.54 Å². The van der Waals surface area contributed by atoms with Crippen LogP contribution in [-0.4, -0.2) is 61.8 Å².